The second-order valence-electron chi connectivity index (χ2n) is 8.58. The smallest absolute Gasteiger partial charge is 0.178 e. The number of rotatable bonds is 2. The standard InChI is InChI=1S/C23H23FO7/c1-23(2)22(27)19(24)18-13(31-23)5-4-11-20(26)17-12-7-14(28-3)10(8-25)6-15(12)29-9-16(17)30-21(11)18/h4-7,16-17,19,22,25,27H,8-9H2,1-3H3/t16-,17+,19?,22?/m1/s1/i24-1. The van der Waals surface area contributed by atoms with Crippen LogP contribution in [0.3, 0.4) is 0 Å². The molecule has 0 amide bonds. The van der Waals surface area contributed by atoms with Crippen LogP contribution in [0.25, 0.3) is 0 Å². The van der Waals surface area contributed by atoms with E-state index in [9.17, 15) is 15.0 Å². The van der Waals surface area contributed by atoms with Crippen molar-refractivity contribution in [2.75, 3.05) is 13.7 Å². The van der Waals surface area contributed by atoms with E-state index in [1.54, 1.807) is 38.1 Å². The van der Waals surface area contributed by atoms with Crippen LogP contribution in [0.1, 0.15) is 53.0 Å². The lowest BCUT2D eigenvalue weighted by atomic mass is 9.79. The van der Waals surface area contributed by atoms with Gasteiger partial charge < -0.3 is 29.2 Å². The average molecular weight is 429 g/mol. The lowest BCUT2D eigenvalue weighted by Gasteiger charge is -2.42. The molecule has 2 aromatic carbocycles. The minimum atomic E-state index is -1.76. The molecule has 164 valence electrons. The lowest BCUT2D eigenvalue weighted by molar-refractivity contribution is -0.0879. The van der Waals surface area contributed by atoms with Gasteiger partial charge in [-0.2, -0.15) is 0 Å². The van der Waals surface area contributed by atoms with E-state index in [0.29, 0.717) is 22.6 Å². The van der Waals surface area contributed by atoms with Gasteiger partial charge in [0.2, 0.25) is 0 Å². The molecule has 2 N–H and O–H groups in total. The van der Waals surface area contributed by atoms with Gasteiger partial charge in [0.15, 0.2) is 12.0 Å². The van der Waals surface area contributed by atoms with Crippen LogP contribution in [0.5, 0.6) is 23.0 Å². The van der Waals surface area contributed by atoms with Gasteiger partial charge in [-0.3, -0.25) is 4.79 Å². The maximum atomic E-state index is 15.2. The molecule has 4 atom stereocenters. The zero-order valence-corrected chi connectivity index (χ0v) is 17.3. The third kappa shape index (κ3) is 2.81. The zero-order chi connectivity index (χ0) is 22.1. The number of hydrogen-bond donors (Lipinski definition) is 2. The molecule has 3 aliphatic rings. The summed E-state index contributed by atoms with van der Waals surface area (Å²) in [5.41, 5.74) is 0.307. The lowest BCUT2D eigenvalue weighted by Crippen LogP contribution is -2.49. The fourth-order valence-electron chi connectivity index (χ4n) is 4.61. The molecule has 0 bridgehead atoms. The molecule has 0 spiro atoms. The van der Waals surface area contributed by atoms with Crippen LogP contribution in [0, 0.1) is 0 Å². The number of aliphatic hydroxyl groups is 2. The Morgan fingerprint density at radius 1 is 1.26 bits per heavy atom. The third-order valence-electron chi connectivity index (χ3n) is 6.30. The summed E-state index contributed by atoms with van der Waals surface area (Å²) in [7, 11) is 1.48. The minimum absolute atomic E-state index is 0.0510. The molecular formula is C23H23FO7. The number of methoxy groups -OCH3 is 1. The second-order valence-corrected chi connectivity index (χ2v) is 8.58. The Morgan fingerprint density at radius 3 is 2.74 bits per heavy atom. The average Bonchev–Trinajstić information content (AvgIpc) is 2.75. The van der Waals surface area contributed by atoms with Gasteiger partial charge in [-0.1, -0.05) is 0 Å². The highest BCUT2D eigenvalue weighted by Crippen LogP contribution is 2.52. The summed E-state index contributed by atoms with van der Waals surface area (Å²) < 4.78 is 38.3. The molecule has 5 rings (SSSR count). The first-order valence-electron chi connectivity index (χ1n) is 10.1. The number of hydrogen-bond acceptors (Lipinski definition) is 7. The number of ketones is 1. The number of carbonyl (C=O) groups is 1. The molecule has 3 heterocycles. The summed E-state index contributed by atoms with van der Waals surface area (Å²) in [5, 5.41) is 20.0. The molecule has 0 radical (unpaired) electrons. The van der Waals surface area contributed by atoms with Crippen molar-refractivity contribution < 1.29 is 38.3 Å². The monoisotopic (exact) mass is 429 g/mol. The van der Waals surface area contributed by atoms with Gasteiger partial charge in [-0.05, 0) is 38.1 Å². The summed E-state index contributed by atoms with van der Waals surface area (Å²) in [5.74, 6) is 0.366. The Morgan fingerprint density at radius 2 is 2.03 bits per heavy atom. The van der Waals surface area contributed by atoms with Gasteiger partial charge >= 0.3 is 0 Å². The predicted octanol–water partition coefficient (Wildman–Crippen LogP) is 2.85. The first-order chi connectivity index (χ1) is 14.8. The van der Waals surface area contributed by atoms with E-state index in [2.05, 4.69) is 0 Å². The Kier molecular flexibility index (Phi) is 4.43. The second kappa shape index (κ2) is 6.83. The van der Waals surface area contributed by atoms with Crippen molar-refractivity contribution in [1.29, 1.82) is 0 Å². The first-order valence-corrected chi connectivity index (χ1v) is 10.1. The van der Waals surface area contributed by atoms with Crippen molar-refractivity contribution in [1.82, 2.24) is 0 Å². The number of alkyl halides is 1. The molecule has 31 heavy (non-hydrogen) atoms. The van der Waals surface area contributed by atoms with Crippen LogP contribution in [0.2, 0.25) is 0 Å². The van der Waals surface area contributed by atoms with E-state index in [1.165, 1.54) is 7.11 Å². The van der Waals surface area contributed by atoms with E-state index < -0.39 is 29.9 Å². The fraction of sp³-hybridized carbons (Fsp3) is 0.435. The fourth-order valence-corrected chi connectivity index (χ4v) is 4.61. The van der Waals surface area contributed by atoms with Gasteiger partial charge in [0.05, 0.1) is 30.8 Å². The van der Waals surface area contributed by atoms with Crippen LogP contribution in [-0.4, -0.2) is 47.5 Å². The van der Waals surface area contributed by atoms with Crippen molar-refractivity contribution >= 4 is 5.78 Å². The van der Waals surface area contributed by atoms with E-state index >= 15 is 4.39 Å². The highest BCUT2D eigenvalue weighted by molar-refractivity contribution is 6.06. The number of carbonyl (C=O) groups excluding carboxylic acids is 1. The molecule has 8 heteroatoms. The van der Waals surface area contributed by atoms with Crippen LogP contribution in [0.15, 0.2) is 24.3 Å². The van der Waals surface area contributed by atoms with Crippen molar-refractivity contribution in [2.45, 2.75) is 50.4 Å². The quantitative estimate of drug-likeness (QED) is 0.758. The van der Waals surface area contributed by atoms with E-state index in [0.717, 1.165) is 0 Å². The zero-order valence-electron chi connectivity index (χ0n) is 17.3. The molecule has 0 saturated carbocycles. The SMILES string of the molecule is COc1cc2c(cc1CO)OC[C@H]1Oc3c(ccc4c3C([18F])C(O)C(C)(C)O4)C(=O)[C@@H]21. The molecule has 3 aliphatic heterocycles. The summed E-state index contributed by atoms with van der Waals surface area (Å²) >= 11 is 0. The highest BCUT2D eigenvalue weighted by atomic mass is 18.2. The van der Waals surface area contributed by atoms with E-state index in [-0.39, 0.29) is 41.6 Å². The Labute approximate surface area is 178 Å². The number of benzene rings is 2. The normalized spacial score (nSPS) is 27.5. The number of ether oxygens (including phenoxy) is 4. The van der Waals surface area contributed by atoms with Crippen molar-refractivity contribution in [2.24, 2.45) is 0 Å². The highest BCUT2D eigenvalue weighted by Gasteiger charge is 2.49. The van der Waals surface area contributed by atoms with Gasteiger partial charge in [0.1, 0.15) is 47.4 Å². The Hall–Kier alpha value is -2.84. The molecule has 7 nitrogen and oxygen atoms in total. The molecule has 2 aromatic rings. The summed E-state index contributed by atoms with van der Waals surface area (Å²) in [6.07, 6.45) is -3.85. The summed E-state index contributed by atoms with van der Waals surface area (Å²) in [6, 6.07) is 6.45. The Bertz CT molecular complexity index is 1080. The number of aliphatic hydroxyl groups excluding tert-OH is 2. The maximum absolute atomic E-state index is 15.2. The topological polar surface area (TPSA) is 94.5 Å². The predicted molar refractivity (Wildman–Crippen MR) is 107 cm³/mol. The van der Waals surface area contributed by atoms with E-state index in [4.69, 9.17) is 18.9 Å². The summed E-state index contributed by atoms with van der Waals surface area (Å²) in [4.78, 5) is 13.5. The van der Waals surface area contributed by atoms with Crippen LogP contribution in [-0.2, 0) is 6.61 Å². The number of halogens is 1. The van der Waals surface area contributed by atoms with Crippen molar-refractivity contribution in [3.05, 3.63) is 46.5 Å². The van der Waals surface area contributed by atoms with Gasteiger partial charge in [-0.15, -0.1) is 0 Å². The molecule has 0 aliphatic carbocycles. The summed E-state index contributed by atoms with van der Waals surface area (Å²) in [6.45, 7) is 3.06. The molecule has 0 fully saturated rings. The van der Waals surface area contributed by atoms with Crippen LogP contribution >= 0.6 is 0 Å². The van der Waals surface area contributed by atoms with Gasteiger partial charge in [0, 0.05) is 11.1 Å². The molecule has 0 aromatic heterocycles. The molecule has 0 saturated heterocycles. The van der Waals surface area contributed by atoms with Gasteiger partial charge in [-0.25, -0.2) is 4.39 Å². The van der Waals surface area contributed by atoms with Gasteiger partial charge in [0.25, 0.3) is 0 Å². The molecular weight excluding hydrogens is 406 g/mol. The Balaban J connectivity index is 1.62. The third-order valence-corrected chi connectivity index (χ3v) is 6.30. The number of fused-ring (bicyclic) bond motifs is 6. The maximum Gasteiger partial charge on any atom is 0.178 e. The van der Waals surface area contributed by atoms with Crippen LogP contribution in [0.4, 0.5) is 4.39 Å². The molecule has 2 unspecified atom stereocenters. The van der Waals surface area contributed by atoms with Crippen molar-refractivity contribution in [3.8, 4) is 23.0 Å². The van der Waals surface area contributed by atoms with Crippen LogP contribution < -0.4 is 18.9 Å². The number of Topliss-reactive ketones (excluding diaryl/α,β-unsaturated/α-hetero) is 1. The largest absolute Gasteiger partial charge is 0.496 e. The van der Waals surface area contributed by atoms with Crippen molar-refractivity contribution in [3.63, 3.8) is 0 Å². The van der Waals surface area contributed by atoms with E-state index in [1.807, 2.05) is 0 Å². The first kappa shape index (κ1) is 20.1. The minimum Gasteiger partial charge on any atom is -0.496 e.